The van der Waals surface area contributed by atoms with Gasteiger partial charge in [0.25, 0.3) is 0 Å². The topological polar surface area (TPSA) is 16.4 Å². The lowest BCUT2D eigenvalue weighted by Crippen LogP contribution is -2.74. The molecule has 1 heterocycles. The van der Waals surface area contributed by atoms with Gasteiger partial charge in [-0.05, 0) is 79.4 Å². The number of rotatable bonds is 9. The number of hydrogen-bond acceptors (Lipinski definition) is 2. The van der Waals surface area contributed by atoms with Crippen molar-refractivity contribution in [1.82, 2.24) is 0 Å². The Morgan fingerprint density at radius 3 is 1.31 bits per heavy atom. The smallest absolute Gasteiger partial charge is 0.179 e. The maximum atomic E-state index is 6.61. The first-order valence-corrected chi connectivity index (χ1v) is 22.9. The molecule has 1 aromatic heterocycles. The quantitative estimate of drug-likeness (QED) is 0.107. The second-order valence-corrected chi connectivity index (χ2v) is 19.4. The Bertz CT molecular complexity index is 3170. The van der Waals surface area contributed by atoms with Crippen LogP contribution in [-0.4, -0.2) is 8.07 Å². The molecule has 0 N–H and O–H groups in total. The molecule has 2 nitrogen and oxygen atoms in total. The molecule has 11 aromatic rings. The van der Waals surface area contributed by atoms with Gasteiger partial charge in [-0.3, -0.25) is 0 Å². The summed E-state index contributed by atoms with van der Waals surface area (Å²) >= 11 is 0. The molecular formula is C58H41NOSi. The summed E-state index contributed by atoms with van der Waals surface area (Å²) in [7, 11) is -2.83. The molecule has 10 aromatic carbocycles. The third-order valence-electron chi connectivity index (χ3n) is 12.2. The van der Waals surface area contributed by atoms with Crippen molar-refractivity contribution in [2.45, 2.75) is 0 Å². The highest BCUT2D eigenvalue weighted by atomic mass is 28.3. The number of anilines is 3. The predicted molar refractivity (Wildman–Crippen MR) is 260 cm³/mol. The van der Waals surface area contributed by atoms with Gasteiger partial charge >= 0.3 is 0 Å². The van der Waals surface area contributed by atoms with E-state index in [0.717, 1.165) is 49.8 Å². The first-order chi connectivity index (χ1) is 30.3. The highest BCUT2D eigenvalue weighted by Gasteiger charge is 2.41. The Hall–Kier alpha value is -7.72. The van der Waals surface area contributed by atoms with Crippen LogP contribution < -0.4 is 25.6 Å². The van der Waals surface area contributed by atoms with Crippen LogP contribution in [-0.2, 0) is 0 Å². The van der Waals surface area contributed by atoms with Crippen LogP contribution in [0.3, 0.4) is 0 Å². The first-order valence-electron chi connectivity index (χ1n) is 20.9. The van der Waals surface area contributed by atoms with E-state index in [1.807, 2.05) is 6.07 Å². The molecule has 0 amide bonds. The third-order valence-corrected chi connectivity index (χ3v) is 17.0. The van der Waals surface area contributed by atoms with E-state index in [2.05, 4.69) is 248 Å². The summed E-state index contributed by atoms with van der Waals surface area (Å²) in [5, 5.41) is 9.76. The molecule has 0 saturated carbocycles. The summed E-state index contributed by atoms with van der Waals surface area (Å²) in [6, 6.07) is 90.7. The van der Waals surface area contributed by atoms with Crippen LogP contribution in [0, 0.1) is 0 Å². The van der Waals surface area contributed by atoms with Crippen molar-refractivity contribution in [1.29, 1.82) is 0 Å². The van der Waals surface area contributed by atoms with Gasteiger partial charge in [0, 0.05) is 32.9 Å². The lowest BCUT2D eigenvalue weighted by molar-refractivity contribution is 0.672. The Morgan fingerprint density at radius 2 is 0.738 bits per heavy atom. The molecule has 0 unspecified atom stereocenters. The van der Waals surface area contributed by atoms with E-state index in [4.69, 9.17) is 4.42 Å². The summed E-state index contributed by atoms with van der Waals surface area (Å²) in [4.78, 5) is 2.45. The number of nitrogens with zero attached hydrogens (tertiary/aromatic N) is 1. The lowest BCUT2D eigenvalue weighted by Gasteiger charge is -2.35. The Balaban J connectivity index is 1.14. The van der Waals surface area contributed by atoms with E-state index >= 15 is 0 Å². The second-order valence-electron chi connectivity index (χ2n) is 15.6. The Morgan fingerprint density at radius 1 is 0.295 bits per heavy atom. The normalized spacial score (nSPS) is 11.6. The van der Waals surface area contributed by atoms with E-state index in [-0.39, 0.29) is 0 Å². The predicted octanol–water partition coefficient (Wildman–Crippen LogP) is 12.9. The minimum atomic E-state index is -2.83. The third kappa shape index (κ3) is 6.35. The van der Waals surface area contributed by atoms with Gasteiger partial charge in [-0.1, -0.05) is 212 Å². The Labute approximate surface area is 357 Å². The van der Waals surface area contributed by atoms with E-state index in [0.29, 0.717) is 0 Å². The average Bonchev–Trinajstić information content (AvgIpc) is 3.73. The first kappa shape index (κ1) is 36.4. The van der Waals surface area contributed by atoms with Gasteiger partial charge in [0.15, 0.2) is 8.07 Å². The molecule has 0 atom stereocenters. The van der Waals surface area contributed by atoms with Crippen molar-refractivity contribution in [2.75, 3.05) is 4.90 Å². The zero-order chi connectivity index (χ0) is 40.6. The van der Waals surface area contributed by atoms with Gasteiger partial charge in [0.1, 0.15) is 11.2 Å². The zero-order valence-corrected chi connectivity index (χ0v) is 34.5. The summed E-state index contributed by atoms with van der Waals surface area (Å²) < 4.78 is 6.61. The van der Waals surface area contributed by atoms with Gasteiger partial charge < -0.3 is 9.32 Å². The molecule has 0 spiro atoms. The molecule has 0 aliphatic heterocycles. The van der Waals surface area contributed by atoms with E-state index in [9.17, 15) is 0 Å². The minimum absolute atomic E-state index is 0.889. The average molecular weight is 796 g/mol. The van der Waals surface area contributed by atoms with E-state index < -0.39 is 8.07 Å². The summed E-state index contributed by atoms with van der Waals surface area (Å²) in [5.74, 6) is 0. The molecule has 0 fully saturated rings. The van der Waals surface area contributed by atoms with Gasteiger partial charge in [-0.25, -0.2) is 0 Å². The molecule has 11 rings (SSSR count). The van der Waals surface area contributed by atoms with Crippen molar-refractivity contribution < 1.29 is 4.42 Å². The van der Waals surface area contributed by atoms with Crippen molar-refractivity contribution in [3.05, 3.63) is 249 Å². The summed E-state index contributed by atoms with van der Waals surface area (Å²) in [6.07, 6.45) is 0. The number of hydrogen-bond donors (Lipinski definition) is 0. The number of furan rings is 1. The molecule has 288 valence electrons. The van der Waals surface area contributed by atoms with E-state index in [1.54, 1.807) is 0 Å². The highest BCUT2D eigenvalue weighted by Crippen LogP contribution is 2.44. The molecule has 0 saturated heterocycles. The molecule has 0 aliphatic rings. The molecular weight excluding hydrogens is 755 g/mol. The van der Waals surface area contributed by atoms with Gasteiger partial charge in [-0.2, -0.15) is 0 Å². The fourth-order valence-corrected chi connectivity index (χ4v) is 14.2. The Kier molecular flexibility index (Phi) is 9.22. The molecule has 61 heavy (non-hydrogen) atoms. The largest absolute Gasteiger partial charge is 0.455 e. The SMILES string of the molecule is c1ccc(-c2ccc(-c3ccc(N(c4cccc([Si](c5ccccc5)(c5ccccc5)c5ccccc5)c4)c4cc5c6ccccc6oc5c5ccccc45)cc3)cc2)cc1. The fraction of sp³-hybridized carbons (Fsp3) is 0. The molecule has 0 radical (unpaired) electrons. The highest BCUT2D eigenvalue weighted by molar-refractivity contribution is 7.19. The number of benzene rings is 10. The second kappa shape index (κ2) is 15.5. The van der Waals surface area contributed by atoms with Crippen LogP contribution in [0.1, 0.15) is 0 Å². The maximum absolute atomic E-state index is 6.61. The van der Waals surface area contributed by atoms with Crippen molar-refractivity contribution in [3.8, 4) is 22.3 Å². The molecule has 3 heteroatoms. The monoisotopic (exact) mass is 795 g/mol. The van der Waals surface area contributed by atoms with Crippen molar-refractivity contribution in [3.63, 3.8) is 0 Å². The maximum Gasteiger partial charge on any atom is 0.179 e. The van der Waals surface area contributed by atoms with Gasteiger partial charge in [-0.15, -0.1) is 0 Å². The minimum Gasteiger partial charge on any atom is -0.455 e. The van der Waals surface area contributed by atoms with Gasteiger partial charge in [0.05, 0.1) is 5.69 Å². The summed E-state index contributed by atoms with van der Waals surface area (Å²) in [5.41, 5.74) is 9.84. The lowest BCUT2D eigenvalue weighted by atomic mass is 9.99. The van der Waals surface area contributed by atoms with Crippen LogP contribution >= 0.6 is 0 Å². The molecule has 0 aliphatic carbocycles. The van der Waals surface area contributed by atoms with Crippen LogP contribution in [0.15, 0.2) is 253 Å². The van der Waals surface area contributed by atoms with Crippen LogP contribution in [0.4, 0.5) is 17.1 Å². The number of fused-ring (bicyclic) bond motifs is 5. The summed E-state index contributed by atoms with van der Waals surface area (Å²) in [6.45, 7) is 0. The fourth-order valence-electron chi connectivity index (χ4n) is 9.37. The van der Waals surface area contributed by atoms with Crippen LogP contribution in [0.5, 0.6) is 0 Å². The van der Waals surface area contributed by atoms with Gasteiger partial charge in [0.2, 0.25) is 0 Å². The molecule has 0 bridgehead atoms. The van der Waals surface area contributed by atoms with Crippen LogP contribution in [0.2, 0.25) is 0 Å². The van der Waals surface area contributed by atoms with Crippen LogP contribution in [0.25, 0.3) is 55.0 Å². The zero-order valence-electron chi connectivity index (χ0n) is 33.5. The van der Waals surface area contributed by atoms with Crippen molar-refractivity contribution in [2.24, 2.45) is 0 Å². The van der Waals surface area contributed by atoms with Crippen molar-refractivity contribution >= 4 is 78.6 Å². The standard InChI is InChI=1S/C58H41NOSi/c1-5-18-42(19-6-1)43-32-34-44(35-33-43)45-36-38-46(39-37-45)59(56-41-55-53-29-15-16-31-57(53)60-58(55)54-30-14-13-28-52(54)56)47-20-17-27-51(40-47)61(48-21-7-2-8-22-48,49-23-9-3-10-24-49)50-25-11-4-12-26-50/h1-41H. The van der Waals surface area contributed by atoms with E-state index in [1.165, 1.54) is 43.0 Å². The number of para-hydroxylation sites is 1.